The van der Waals surface area contributed by atoms with Gasteiger partial charge in [0, 0.05) is 24.2 Å². The van der Waals surface area contributed by atoms with Crippen LogP contribution in [-0.4, -0.2) is 26.0 Å². The van der Waals surface area contributed by atoms with E-state index in [2.05, 4.69) is 15.0 Å². The van der Waals surface area contributed by atoms with Crippen molar-refractivity contribution in [1.29, 1.82) is 0 Å². The lowest BCUT2D eigenvalue weighted by molar-refractivity contribution is -0.142. The fourth-order valence-corrected chi connectivity index (χ4v) is 1.40. The number of nitrogens with zero attached hydrogens (tertiary/aromatic N) is 2. The molecule has 2 rings (SSSR count). The molecular formula is C12H13N3O2. The predicted octanol–water partition coefficient (Wildman–Crippen LogP) is 1.83. The molecule has 2 N–H and O–H groups in total. The predicted molar refractivity (Wildman–Crippen MR) is 62.5 cm³/mol. The number of nitrogens with one attached hydrogen (secondary N) is 1. The standard InChI is InChI=1S/C12H13N3O2/c1-12(2,11(16)17)10-14-6-4-9(15-10)8-3-5-13-7-8/h3-7,13H,1-2H3,(H,16,17). The van der Waals surface area contributed by atoms with Gasteiger partial charge in [0.25, 0.3) is 0 Å². The normalized spacial score (nSPS) is 11.4. The molecule has 0 saturated heterocycles. The third-order valence-electron chi connectivity index (χ3n) is 2.64. The van der Waals surface area contributed by atoms with Crippen molar-refractivity contribution < 1.29 is 9.90 Å². The van der Waals surface area contributed by atoms with E-state index >= 15 is 0 Å². The smallest absolute Gasteiger partial charge is 0.316 e. The second kappa shape index (κ2) is 4.01. The van der Waals surface area contributed by atoms with Crippen LogP contribution in [-0.2, 0) is 10.2 Å². The molecule has 0 spiro atoms. The van der Waals surface area contributed by atoms with Gasteiger partial charge in [-0.1, -0.05) is 0 Å². The Morgan fingerprint density at radius 3 is 2.76 bits per heavy atom. The number of hydrogen-bond acceptors (Lipinski definition) is 3. The maximum atomic E-state index is 11.1. The molecule has 0 amide bonds. The SMILES string of the molecule is CC(C)(C(=O)O)c1nccc(-c2cc[nH]c2)n1. The van der Waals surface area contributed by atoms with Crippen LogP contribution in [0.4, 0.5) is 0 Å². The average Bonchev–Trinajstić information content (AvgIpc) is 2.82. The lowest BCUT2D eigenvalue weighted by Crippen LogP contribution is -2.30. The number of carboxylic acid groups (broad SMARTS) is 1. The van der Waals surface area contributed by atoms with E-state index in [0.29, 0.717) is 11.5 Å². The number of aliphatic carboxylic acids is 1. The summed E-state index contributed by atoms with van der Waals surface area (Å²) < 4.78 is 0. The number of carbonyl (C=O) groups is 1. The molecule has 0 saturated carbocycles. The van der Waals surface area contributed by atoms with Gasteiger partial charge in [0.2, 0.25) is 0 Å². The summed E-state index contributed by atoms with van der Waals surface area (Å²) in [5.74, 6) is -0.632. The lowest BCUT2D eigenvalue weighted by Gasteiger charge is -2.17. The molecule has 0 radical (unpaired) electrons. The summed E-state index contributed by atoms with van der Waals surface area (Å²) in [4.78, 5) is 22.4. The van der Waals surface area contributed by atoms with E-state index in [1.54, 1.807) is 38.5 Å². The molecule has 88 valence electrons. The van der Waals surface area contributed by atoms with E-state index in [4.69, 9.17) is 5.11 Å². The van der Waals surface area contributed by atoms with Gasteiger partial charge in [-0.15, -0.1) is 0 Å². The van der Waals surface area contributed by atoms with Gasteiger partial charge in [-0.3, -0.25) is 4.79 Å². The van der Waals surface area contributed by atoms with Crippen LogP contribution in [0.15, 0.2) is 30.7 Å². The number of aromatic nitrogens is 3. The zero-order chi connectivity index (χ0) is 12.5. The van der Waals surface area contributed by atoms with Crippen LogP contribution in [0.3, 0.4) is 0 Å². The van der Waals surface area contributed by atoms with E-state index < -0.39 is 11.4 Å². The molecule has 0 bridgehead atoms. The molecule has 2 aromatic rings. The van der Waals surface area contributed by atoms with Crippen molar-refractivity contribution in [2.24, 2.45) is 0 Å². The van der Waals surface area contributed by atoms with Crippen molar-refractivity contribution >= 4 is 5.97 Å². The fourth-order valence-electron chi connectivity index (χ4n) is 1.40. The summed E-state index contributed by atoms with van der Waals surface area (Å²) in [6.07, 6.45) is 5.18. The van der Waals surface area contributed by atoms with Gasteiger partial charge in [-0.05, 0) is 26.0 Å². The van der Waals surface area contributed by atoms with Crippen LogP contribution in [0.5, 0.6) is 0 Å². The van der Waals surface area contributed by atoms with Crippen LogP contribution in [0.25, 0.3) is 11.3 Å². The molecular weight excluding hydrogens is 218 g/mol. The molecule has 0 aliphatic heterocycles. The van der Waals surface area contributed by atoms with Crippen LogP contribution in [0.1, 0.15) is 19.7 Å². The Kier molecular flexibility index (Phi) is 2.67. The average molecular weight is 231 g/mol. The Hall–Kier alpha value is -2.17. The maximum absolute atomic E-state index is 11.1. The first kappa shape index (κ1) is 11.3. The number of carboxylic acids is 1. The first-order valence-corrected chi connectivity index (χ1v) is 5.22. The molecule has 2 aromatic heterocycles. The van der Waals surface area contributed by atoms with Gasteiger partial charge in [-0.25, -0.2) is 9.97 Å². The van der Waals surface area contributed by atoms with Gasteiger partial charge in [0.15, 0.2) is 0 Å². The van der Waals surface area contributed by atoms with Crippen LogP contribution >= 0.6 is 0 Å². The van der Waals surface area contributed by atoms with Crippen molar-refractivity contribution in [2.75, 3.05) is 0 Å². The van der Waals surface area contributed by atoms with Crippen LogP contribution in [0.2, 0.25) is 0 Å². The molecule has 0 aliphatic carbocycles. The Morgan fingerprint density at radius 1 is 1.41 bits per heavy atom. The number of rotatable bonds is 3. The number of aromatic amines is 1. The first-order valence-electron chi connectivity index (χ1n) is 5.22. The van der Waals surface area contributed by atoms with Crippen molar-refractivity contribution in [3.8, 4) is 11.3 Å². The van der Waals surface area contributed by atoms with Crippen molar-refractivity contribution in [1.82, 2.24) is 15.0 Å². The lowest BCUT2D eigenvalue weighted by atomic mass is 9.92. The molecule has 17 heavy (non-hydrogen) atoms. The van der Waals surface area contributed by atoms with Gasteiger partial charge >= 0.3 is 5.97 Å². The maximum Gasteiger partial charge on any atom is 0.316 e. The summed E-state index contributed by atoms with van der Waals surface area (Å²) >= 11 is 0. The monoisotopic (exact) mass is 231 g/mol. The molecule has 0 aromatic carbocycles. The molecule has 5 heteroatoms. The summed E-state index contributed by atoms with van der Waals surface area (Å²) in [5, 5.41) is 9.13. The summed E-state index contributed by atoms with van der Waals surface area (Å²) in [5.41, 5.74) is 0.534. The fraction of sp³-hybridized carbons (Fsp3) is 0.250. The summed E-state index contributed by atoms with van der Waals surface area (Å²) in [7, 11) is 0. The van der Waals surface area contributed by atoms with Gasteiger partial charge in [0.1, 0.15) is 11.2 Å². The first-order chi connectivity index (χ1) is 8.01. The highest BCUT2D eigenvalue weighted by atomic mass is 16.4. The van der Waals surface area contributed by atoms with E-state index in [1.165, 1.54) is 0 Å². The van der Waals surface area contributed by atoms with Gasteiger partial charge in [0.05, 0.1) is 5.69 Å². The third-order valence-corrected chi connectivity index (χ3v) is 2.64. The Labute approximate surface area is 98.6 Å². The minimum Gasteiger partial charge on any atom is -0.481 e. The van der Waals surface area contributed by atoms with Crippen molar-refractivity contribution in [2.45, 2.75) is 19.3 Å². The highest BCUT2D eigenvalue weighted by Gasteiger charge is 2.32. The third kappa shape index (κ3) is 2.04. The van der Waals surface area contributed by atoms with Crippen molar-refractivity contribution in [3.63, 3.8) is 0 Å². The molecule has 0 fully saturated rings. The minimum atomic E-state index is -1.09. The van der Waals surface area contributed by atoms with Crippen LogP contribution in [0, 0.1) is 0 Å². The largest absolute Gasteiger partial charge is 0.481 e. The van der Waals surface area contributed by atoms with E-state index in [-0.39, 0.29) is 0 Å². The molecule has 5 nitrogen and oxygen atoms in total. The topological polar surface area (TPSA) is 78.9 Å². The summed E-state index contributed by atoms with van der Waals surface area (Å²) in [6, 6.07) is 3.63. The highest BCUT2D eigenvalue weighted by Crippen LogP contribution is 2.22. The zero-order valence-corrected chi connectivity index (χ0v) is 9.64. The van der Waals surface area contributed by atoms with Gasteiger partial charge < -0.3 is 10.1 Å². The van der Waals surface area contributed by atoms with E-state index in [0.717, 1.165) is 5.56 Å². The van der Waals surface area contributed by atoms with Gasteiger partial charge in [-0.2, -0.15) is 0 Å². The van der Waals surface area contributed by atoms with Crippen LogP contribution < -0.4 is 0 Å². The minimum absolute atomic E-state index is 0.309. The quantitative estimate of drug-likeness (QED) is 0.844. The zero-order valence-electron chi connectivity index (χ0n) is 9.64. The molecule has 2 heterocycles. The Bertz CT molecular complexity index is 532. The van der Waals surface area contributed by atoms with E-state index in [9.17, 15) is 4.79 Å². The Balaban J connectivity index is 2.46. The Morgan fingerprint density at radius 2 is 2.18 bits per heavy atom. The summed E-state index contributed by atoms with van der Waals surface area (Å²) in [6.45, 7) is 3.18. The number of H-pyrrole nitrogens is 1. The molecule has 0 atom stereocenters. The van der Waals surface area contributed by atoms with E-state index in [1.807, 2.05) is 6.07 Å². The highest BCUT2D eigenvalue weighted by molar-refractivity contribution is 5.79. The second-order valence-electron chi connectivity index (χ2n) is 4.30. The molecule has 0 aliphatic rings. The number of hydrogen-bond donors (Lipinski definition) is 2. The molecule has 0 unspecified atom stereocenters. The second-order valence-corrected chi connectivity index (χ2v) is 4.30. The van der Waals surface area contributed by atoms with Crippen molar-refractivity contribution in [3.05, 3.63) is 36.5 Å².